The van der Waals surface area contributed by atoms with Crippen molar-refractivity contribution in [2.75, 3.05) is 13.1 Å². The third-order valence-electron chi connectivity index (χ3n) is 3.90. The van der Waals surface area contributed by atoms with Crippen LogP contribution in [0.2, 0.25) is 0 Å². The standard InChI is InChI=1S/C10H18N2O/c1-8(13)12-6-5-10(7-11)4-2-3-9(10)12/h9H,2-7,11H2,1H3/t9-,10-/m1/s1. The number of hydrogen-bond acceptors (Lipinski definition) is 2. The molecule has 1 aliphatic heterocycles. The molecule has 2 atom stereocenters. The maximum absolute atomic E-state index is 11.3. The largest absolute Gasteiger partial charge is 0.339 e. The van der Waals surface area contributed by atoms with Gasteiger partial charge < -0.3 is 10.6 Å². The summed E-state index contributed by atoms with van der Waals surface area (Å²) in [6, 6.07) is 0.454. The number of likely N-dealkylation sites (tertiary alicyclic amines) is 1. The highest BCUT2D eigenvalue weighted by molar-refractivity contribution is 5.74. The summed E-state index contributed by atoms with van der Waals surface area (Å²) in [5.41, 5.74) is 6.12. The van der Waals surface area contributed by atoms with E-state index in [0.29, 0.717) is 6.04 Å². The first-order chi connectivity index (χ1) is 6.19. The van der Waals surface area contributed by atoms with Gasteiger partial charge in [0.25, 0.3) is 0 Å². The van der Waals surface area contributed by atoms with Gasteiger partial charge in [-0.25, -0.2) is 0 Å². The molecule has 0 aromatic heterocycles. The van der Waals surface area contributed by atoms with Gasteiger partial charge in [0.05, 0.1) is 0 Å². The van der Waals surface area contributed by atoms with Crippen LogP contribution in [0.25, 0.3) is 0 Å². The van der Waals surface area contributed by atoms with Crippen molar-refractivity contribution in [2.24, 2.45) is 11.1 Å². The summed E-state index contributed by atoms with van der Waals surface area (Å²) in [5.74, 6) is 0.224. The Morgan fingerprint density at radius 3 is 3.00 bits per heavy atom. The third-order valence-corrected chi connectivity index (χ3v) is 3.90. The lowest BCUT2D eigenvalue weighted by molar-refractivity contribution is -0.130. The summed E-state index contributed by atoms with van der Waals surface area (Å²) in [4.78, 5) is 13.4. The first-order valence-corrected chi connectivity index (χ1v) is 5.17. The fraction of sp³-hybridized carbons (Fsp3) is 0.900. The van der Waals surface area contributed by atoms with E-state index in [9.17, 15) is 4.79 Å². The zero-order valence-corrected chi connectivity index (χ0v) is 8.25. The van der Waals surface area contributed by atoms with Crippen LogP contribution in [0.4, 0.5) is 0 Å². The van der Waals surface area contributed by atoms with Crippen molar-refractivity contribution in [1.29, 1.82) is 0 Å². The molecule has 1 aliphatic carbocycles. The van der Waals surface area contributed by atoms with Gasteiger partial charge in [0.2, 0.25) is 5.91 Å². The Kier molecular flexibility index (Phi) is 2.06. The molecule has 1 saturated carbocycles. The van der Waals surface area contributed by atoms with E-state index in [-0.39, 0.29) is 11.3 Å². The number of amides is 1. The van der Waals surface area contributed by atoms with Crippen molar-refractivity contribution in [2.45, 2.75) is 38.6 Å². The Labute approximate surface area is 79.3 Å². The van der Waals surface area contributed by atoms with Gasteiger partial charge in [0, 0.05) is 24.9 Å². The summed E-state index contributed by atoms with van der Waals surface area (Å²) in [7, 11) is 0. The van der Waals surface area contributed by atoms with E-state index in [0.717, 1.165) is 25.9 Å². The lowest BCUT2D eigenvalue weighted by Gasteiger charge is -2.30. The van der Waals surface area contributed by atoms with E-state index in [4.69, 9.17) is 5.73 Å². The van der Waals surface area contributed by atoms with E-state index in [1.807, 2.05) is 4.90 Å². The number of carbonyl (C=O) groups is 1. The van der Waals surface area contributed by atoms with Gasteiger partial charge in [0.15, 0.2) is 0 Å². The van der Waals surface area contributed by atoms with E-state index in [1.165, 1.54) is 12.8 Å². The van der Waals surface area contributed by atoms with Crippen molar-refractivity contribution >= 4 is 5.91 Å². The monoisotopic (exact) mass is 182 g/mol. The molecule has 0 spiro atoms. The van der Waals surface area contributed by atoms with Crippen LogP contribution < -0.4 is 5.73 Å². The molecule has 2 aliphatic rings. The normalized spacial score (nSPS) is 38.0. The Balaban J connectivity index is 2.19. The highest BCUT2D eigenvalue weighted by Gasteiger charge is 2.49. The zero-order valence-electron chi connectivity index (χ0n) is 8.25. The minimum Gasteiger partial charge on any atom is -0.339 e. The van der Waals surface area contributed by atoms with E-state index < -0.39 is 0 Å². The molecule has 1 heterocycles. The SMILES string of the molecule is CC(=O)N1CC[C@@]2(CN)CCC[C@@H]12. The van der Waals surface area contributed by atoms with Gasteiger partial charge in [-0.1, -0.05) is 6.42 Å². The number of carbonyl (C=O) groups excluding carboxylic acids is 1. The summed E-state index contributed by atoms with van der Waals surface area (Å²) >= 11 is 0. The van der Waals surface area contributed by atoms with Crippen LogP contribution in [0.3, 0.4) is 0 Å². The van der Waals surface area contributed by atoms with Crippen LogP contribution in [-0.2, 0) is 4.79 Å². The van der Waals surface area contributed by atoms with Crippen LogP contribution in [0.5, 0.6) is 0 Å². The van der Waals surface area contributed by atoms with Gasteiger partial charge in [-0.3, -0.25) is 4.79 Å². The molecule has 3 nitrogen and oxygen atoms in total. The Bertz CT molecular complexity index is 229. The summed E-state index contributed by atoms with van der Waals surface area (Å²) in [6.07, 6.45) is 4.74. The zero-order chi connectivity index (χ0) is 9.47. The van der Waals surface area contributed by atoms with Crippen LogP contribution in [0.1, 0.15) is 32.6 Å². The van der Waals surface area contributed by atoms with Gasteiger partial charge >= 0.3 is 0 Å². The number of nitrogens with zero attached hydrogens (tertiary/aromatic N) is 1. The highest BCUT2D eigenvalue weighted by atomic mass is 16.2. The van der Waals surface area contributed by atoms with Gasteiger partial charge in [-0.2, -0.15) is 0 Å². The number of nitrogens with two attached hydrogens (primary N) is 1. The van der Waals surface area contributed by atoms with Crippen molar-refractivity contribution in [3.8, 4) is 0 Å². The number of hydrogen-bond donors (Lipinski definition) is 1. The predicted octanol–water partition coefficient (Wildman–Crippen LogP) is 0.736. The van der Waals surface area contributed by atoms with E-state index >= 15 is 0 Å². The lowest BCUT2D eigenvalue weighted by Crippen LogP contribution is -2.41. The molecule has 1 amide bonds. The van der Waals surface area contributed by atoms with Crippen molar-refractivity contribution in [1.82, 2.24) is 4.90 Å². The van der Waals surface area contributed by atoms with Gasteiger partial charge in [-0.05, 0) is 25.8 Å². The average Bonchev–Trinajstić information content (AvgIpc) is 2.59. The Morgan fingerprint density at radius 2 is 2.38 bits per heavy atom. The Morgan fingerprint density at radius 1 is 1.62 bits per heavy atom. The van der Waals surface area contributed by atoms with Crippen LogP contribution in [-0.4, -0.2) is 29.9 Å². The first kappa shape index (κ1) is 9.00. The molecule has 1 saturated heterocycles. The van der Waals surface area contributed by atoms with E-state index in [1.54, 1.807) is 6.92 Å². The van der Waals surface area contributed by atoms with Crippen molar-refractivity contribution < 1.29 is 4.79 Å². The maximum atomic E-state index is 11.3. The summed E-state index contributed by atoms with van der Waals surface area (Å²) in [5, 5.41) is 0. The number of rotatable bonds is 1. The minimum absolute atomic E-state index is 0.224. The lowest BCUT2D eigenvalue weighted by atomic mass is 9.82. The fourth-order valence-corrected chi connectivity index (χ4v) is 3.11. The fourth-order valence-electron chi connectivity index (χ4n) is 3.11. The van der Waals surface area contributed by atoms with E-state index in [2.05, 4.69) is 0 Å². The second-order valence-corrected chi connectivity index (χ2v) is 4.44. The molecule has 0 aromatic rings. The Hall–Kier alpha value is -0.570. The molecular formula is C10H18N2O. The molecule has 2 rings (SSSR count). The second-order valence-electron chi connectivity index (χ2n) is 4.44. The topological polar surface area (TPSA) is 46.3 Å². The molecule has 0 unspecified atom stereocenters. The average molecular weight is 182 g/mol. The molecule has 0 radical (unpaired) electrons. The molecule has 2 fully saturated rings. The predicted molar refractivity (Wildman–Crippen MR) is 51.1 cm³/mol. The van der Waals surface area contributed by atoms with Gasteiger partial charge in [-0.15, -0.1) is 0 Å². The minimum atomic E-state index is 0.224. The molecule has 2 N–H and O–H groups in total. The molecule has 74 valence electrons. The second kappa shape index (κ2) is 2.98. The molecule has 0 aromatic carbocycles. The molecule has 13 heavy (non-hydrogen) atoms. The summed E-state index contributed by atoms with van der Waals surface area (Å²) in [6.45, 7) is 3.35. The third kappa shape index (κ3) is 1.17. The molecular weight excluding hydrogens is 164 g/mol. The number of fused-ring (bicyclic) bond motifs is 1. The van der Waals surface area contributed by atoms with Crippen molar-refractivity contribution in [3.05, 3.63) is 0 Å². The first-order valence-electron chi connectivity index (χ1n) is 5.17. The van der Waals surface area contributed by atoms with Crippen LogP contribution in [0, 0.1) is 5.41 Å². The molecule has 3 heteroatoms. The quantitative estimate of drug-likeness (QED) is 0.650. The summed E-state index contributed by atoms with van der Waals surface area (Å²) < 4.78 is 0. The smallest absolute Gasteiger partial charge is 0.219 e. The van der Waals surface area contributed by atoms with Crippen LogP contribution >= 0.6 is 0 Å². The maximum Gasteiger partial charge on any atom is 0.219 e. The van der Waals surface area contributed by atoms with Crippen molar-refractivity contribution in [3.63, 3.8) is 0 Å². The molecule has 0 bridgehead atoms. The van der Waals surface area contributed by atoms with Gasteiger partial charge in [0.1, 0.15) is 0 Å². The van der Waals surface area contributed by atoms with Crippen LogP contribution in [0.15, 0.2) is 0 Å². The highest BCUT2D eigenvalue weighted by Crippen LogP contribution is 2.47.